The van der Waals surface area contributed by atoms with Gasteiger partial charge >= 0.3 is 0 Å². The van der Waals surface area contributed by atoms with Crippen molar-refractivity contribution in [3.05, 3.63) is 35.9 Å². The minimum atomic E-state index is 0.408. The van der Waals surface area contributed by atoms with Crippen molar-refractivity contribution in [2.75, 3.05) is 14.1 Å². The Morgan fingerprint density at radius 3 is 2.33 bits per heavy atom. The second kappa shape index (κ2) is 6.61. The summed E-state index contributed by atoms with van der Waals surface area (Å²) in [5.41, 5.74) is 1.13. The third-order valence-corrected chi connectivity index (χ3v) is 3.79. The summed E-state index contributed by atoms with van der Waals surface area (Å²) in [4.78, 5) is 2.28. The molecule has 0 radical (unpaired) electrons. The molecule has 0 saturated heterocycles. The highest BCUT2D eigenvalue weighted by Gasteiger charge is 2.23. The molecule has 1 aliphatic carbocycles. The fourth-order valence-corrected chi connectivity index (χ4v) is 2.80. The molecule has 1 aliphatic rings. The zero-order valence-electron chi connectivity index (χ0n) is 11.5. The van der Waals surface area contributed by atoms with Crippen molar-refractivity contribution >= 4 is 0 Å². The molecule has 0 N–H and O–H groups in total. The van der Waals surface area contributed by atoms with Crippen molar-refractivity contribution in [1.82, 2.24) is 4.90 Å². The summed E-state index contributed by atoms with van der Waals surface area (Å²) in [6.45, 7) is 0. The van der Waals surface area contributed by atoms with Crippen LogP contribution in [0, 0.1) is 17.8 Å². The van der Waals surface area contributed by atoms with Crippen molar-refractivity contribution in [2.45, 2.75) is 38.1 Å². The topological polar surface area (TPSA) is 3.24 Å². The zero-order valence-corrected chi connectivity index (χ0v) is 11.5. The SMILES string of the molecule is CN(C)C(C#Cc1ccccc1)C1CCCCC1. The molecule has 1 nitrogen and oxygen atoms in total. The van der Waals surface area contributed by atoms with Gasteiger partial charge in [-0.3, -0.25) is 4.90 Å². The van der Waals surface area contributed by atoms with Gasteiger partial charge in [0, 0.05) is 5.56 Å². The first-order valence-electron chi connectivity index (χ1n) is 7.00. The van der Waals surface area contributed by atoms with E-state index in [1.54, 1.807) is 0 Å². The lowest BCUT2D eigenvalue weighted by Crippen LogP contribution is -2.35. The van der Waals surface area contributed by atoms with Crippen LogP contribution in [0.4, 0.5) is 0 Å². The van der Waals surface area contributed by atoms with Crippen LogP contribution in [0.3, 0.4) is 0 Å². The molecule has 1 saturated carbocycles. The maximum atomic E-state index is 3.48. The third kappa shape index (κ3) is 3.62. The molecule has 18 heavy (non-hydrogen) atoms. The van der Waals surface area contributed by atoms with Crippen LogP contribution >= 0.6 is 0 Å². The van der Waals surface area contributed by atoms with Gasteiger partial charge in [0.2, 0.25) is 0 Å². The lowest BCUT2D eigenvalue weighted by molar-refractivity contribution is 0.214. The molecule has 0 bridgehead atoms. The molecule has 0 aliphatic heterocycles. The Labute approximate surface area is 111 Å². The molecule has 1 fully saturated rings. The number of hydrogen-bond acceptors (Lipinski definition) is 1. The van der Waals surface area contributed by atoms with Crippen LogP contribution in [-0.2, 0) is 0 Å². The van der Waals surface area contributed by atoms with Crippen LogP contribution in [0.5, 0.6) is 0 Å². The van der Waals surface area contributed by atoms with E-state index in [-0.39, 0.29) is 0 Å². The molecule has 1 aromatic rings. The van der Waals surface area contributed by atoms with Gasteiger partial charge in [-0.15, -0.1) is 0 Å². The summed E-state index contributed by atoms with van der Waals surface area (Å²) in [7, 11) is 4.30. The van der Waals surface area contributed by atoms with E-state index in [9.17, 15) is 0 Å². The van der Waals surface area contributed by atoms with E-state index in [1.165, 1.54) is 32.1 Å². The van der Waals surface area contributed by atoms with Crippen LogP contribution in [-0.4, -0.2) is 25.0 Å². The molecular formula is C17H23N. The van der Waals surface area contributed by atoms with Gasteiger partial charge in [0.25, 0.3) is 0 Å². The molecule has 0 spiro atoms. The number of benzene rings is 1. The number of rotatable bonds is 2. The van der Waals surface area contributed by atoms with Gasteiger partial charge in [0.1, 0.15) is 0 Å². The van der Waals surface area contributed by atoms with Crippen LogP contribution in [0.2, 0.25) is 0 Å². The summed E-state index contributed by atoms with van der Waals surface area (Å²) in [5, 5.41) is 0. The van der Waals surface area contributed by atoms with E-state index in [4.69, 9.17) is 0 Å². The Morgan fingerprint density at radius 2 is 1.72 bits per heavy atom. The van der Waals surface area contributed by atoms with E-state index < -0.39 is 0 Å². The quantitative estimate of drug-likeness (QED) is 0.716. The Morgan fingerprint density at radius 1 is 1.06 bits per heavy atom. The Bertz CT molecular complexity index is 404. The largest absolute Gasteiger partial charge is 0.296 e. The highest BCUT2D eigenvalue weighted by atomic mass is 15.1. The maximum Gasteiger partial charge on any atom is 0.0741 e. The summed E-state index contributed by atoms with van der Waals surface area (Å²) < 4.78 is 0. The lowest BCUT2D eigenvalue weighted by atomic mass is 9.83. The number of hydrogen-bond donors (Lipinski definition) is 0. The minimum Gasteiger partial charge on any atom is -0.296 e. The van der Waals surface area contributed by atoms with Crippen molar-refractivity contribution in [3.63, 3.8) is 0 Å². The molecule has 0 aromatic heterocycles. The van der Waals surface area contributed by atoms with E-state index in [1.807, 2.05) is 6.07 Å². The molecule has 96 valence electrons. The fourth-order valence-electron chi connectivity index (χ4n) is 2.80. The second-order valence-electron chi connectivity index (χ2n) is 5.44. The van der Waals surface area contributed by atoms with Crippen LogP contribution in [0.25, 0.3) is 0 Å². The monoisotopic (exact) mass is 241 g/mol. The van der Waals surface area contributed by atoms with Crippen LogP contribution < -0.4 is 0 Å². The van der Waals surface area contributed by atoms with Gasteiger partial charge in [0.05, 0.1) is 6.04 Å². The molecule has 1 atom stereocenters. The van der Waals surface area contributed by atoms with Crippen LogP contribution in [0.1, 0.15) is 37.7 Å². The number of nitrogens with zero attached hydrogens (tertiary/aromatic N) is 1. The van der Waals surface area contributed by atoms with Gasteiger partial charge in [0.15, 0.2) is 0 Å². The standard InChI is InChI=1S/C17H23N/c1-18(2)17(16-11-7-4-8-12-16)14-13-15-9-5-3-6-10-15/h3,5-6,9-10,16-17H,4,7-8,11-12H2,1-2H3. The predicted octanol–water partition coefficient (Wildman–Crippen LogP) is 3.55. The third-order valence-electron chi connectivity index (χ3n) is 3.79. The molecular weight excluding hydrogens is 218 g/mol. The van der Waals surface area contributed by atoms with Gasteiger partial charge in [-0.25, -0.2) is 0 Å². The first kappa shape index (κ1) is 13.2. The van der Waals surface area contributed by atoms with Gasteiger partial charge in [-0.2, -0.15) is 0 Å². The van der Waals surface area contributed by atoms with E-state index >= 15 is 0 Å². The molecule has 1 aromatic carbocycles. The summed E-state index contributed by atoms with van der Waals surface area (Å²) in [6.07, 6.45) is 6.84. The highest BCUT2D eigenvalue weighted by Crippen LogP contribution is 2.28. The Hall–Kier alpha value is -1.26. The van der Waals surface area contributed by atoms with Crippen molar-refractivity contribution in [2.24, 2.45) is 5.92 Å². The average molecular weight is 241 g/mol. The summed E-state index contributed by atoms with van der Waals surface area (Å²) in [5.74, 6) is 7.57. The summed E-state index contributed by atoms with van der Waals surface area (Å²) in [6, 6.07) is 10.7. The van der Waals surface area contributed by atoms with Gasteiger partial charge in [-0.05, 0) is 45.0 Å². The average Bonchev–Trinajstić information content (AvgIpc) is 2.41. The molecule has 1 unspecified atom stereocenters. The highest BCUT2D eigenvalue weighted by molar-refractivity contribution is 5.35. The van der Waals surface area contributed by atoms with E-state index in [2.05, 4.69) is 55.1 Å². The first-order valence-corrected chi connectivity index (χ1v) is 7.00. The van der Waals surface area contributed by atoms with Crippen molar-refractivity contribution < 1.29 is 0 Å². The van der Waals surface area contributed by atoms with Crippen LogP contribution in [0.15, 0.2) is 30.3 Å². The normalized spacial score (nSPS) is 18.2. The Kier molecular flexibility index (Phi) is 4.84. The molecule has 0 heterocycles. The Balaban J connectivity index is 2.09. The smallest absolute Gasteiger partial charge is 0.0741 e. The lowest BCUT2D eigenvalue weighted by Gasteiger charge is -2.31. The predicted molar refractivity (Wildman–Crippen MR) is 77.4 cm³/mol. The van der Waals surface area contributed by atoms with Crippen molar-refractivity contribution in [1.29, 1.82) is 0 Å². The fraction of sp³-hybridized carbons (Fsp3) is 0.529. The molecule has 1 heteroatoms. The van der Waals surface area contributed by atoms with Gasteiger partial charge in [-0.1, -0.05) is 49.3 Å². The van der Waals surface area contributed by atoms with Gasteiger partial charge < -0.3 is 0 Å². The molecule has 0 amide bonds. The summed E-state index contributed by atoms with van der Waals surface area (Å²) >= 11 is 0. The van der Waals surface area contributed by atoms with Crippen molar-refractivity contribution in [3.8, 4) is 11.8 Å². The molecule has 2 rings (SSSR count). The minimum absolute atomic E-state index is 0.408. The second-order valence-corrected chi connectivity index (χ2v) is 5.44. The van der Waals surface area contributed by atoms with E-state index in [0.29, 0.717) is 6.04 Å². The first-order chi connectivity index (χ1) is 8.77. The zero-order chi connectivity index (χ0) is 12.8. The maximum absolute atomic E-state index is 3.48. The van der Waals surface area contributed by atoms with E-state index in [0.717, 1.165) is 11.5 Å².